The fourth-order valence-corrected chi connectivity index (χ4v) is 5.02. The summed E-state index contributed by atoms with van der Waals surface area (Å²) < 4.78 is 0. The van der Waals surface area contributed by atoms with Gasteiger partial charge in [-0.1, -0.05) is 24.3 Å². The third-order valence-corrected chi connectivity index (χ3v) is 6.10. The van der Waals surface area contributed by atoms with Crippen molar-refractivity contribution in [3.8, 4) is 0 Å². The van der Waals surface area contributed by atoms with Crippen molar-refractivity contribution < 1.29 is 5.11 Å². The first-order valence-electron chi connectivity index (χ1n) is 8.78. The molecular weight excluding hydrogens is 258 g/mol. The second kappa shape index (κ2) is 5.40. The number of aliphatic hydroxyl groups is 1. The van der Waals surface area contributed by atoms with E-state index in [0.717, 1.165) is 25.8 Å². The van der Waals surface area contributed by atoms with Crippen LogP contribution in [0.3, 0.4) is 0 Å². The molecule has 3 atom stereocenters. The number of rotatable bonds is 2. The zero-order valence-corrected chi connectivity index (χ0v) is 12.9. The van der Waals surface area contributed by atoms with E-state index >= 15 is 0 Å². The van der Waals surface area contributed by atoms with E-state index in [1.165, 1.54) is 49.8 Å². The van der Waals surface area contributed by atoms with Gasteiger partial charge in [0.25, 0.3) is 0 Å². The highest BCUT2D eigenvalue weighted by Gasteiger charge is 2.41. The highest BCUT2D eigenvalue weighted by Crippen LogP contribution is 2.42. The number of hydrogen-bond acceptors (Lipinski definition) is 2. The van der Waals surface area contributed by atoms with Gasteiger partial charge in [-0.05, 0) is 75.0 Å². The van der Waals surface area contributed by atoms with Crippen molar-refractivity contribution in [2.24, 2.45) is 0 Å². The SMILES string of the molecule is OC1(CC2CCCc3ccccc32)CCN2CCCC2C1. The second-order valence-electron chi connectivity index (χ2n) is 7.50. The largest absolute Gasteiger partial charge is 0.390 e. The molecule has 2 fully saturated rings. The Balaban J connectivity index is 1.51. The highest BCUT2D eigenvalue weighted by atomic mass is 16.3. The standard InChI is InChI=1S/C19H27NO/c21-19(10-12-20-11-4-8-17(20)14-19)13-16-7-3-6-15-5-1-2-9-18(15)16/h1-2,5,9,16-17,21H,3-4,6-8,10-14H2. The Morgan fingerprint density at radius 1 is 1.14 bits per heavy atom. The van der Waals surface area contributed by atoms with Crippen LogP contribution in [-0.4, -0.2) is 34.7 Å². The number of fused-ring (bicyclic) bond motifs is 2. The normalized spacial score (nSPS) is 36.2. The van der Waals surface area contributed by atoms with Gasteiger partial charge >= 0.3 is 0 Å². The second-order valence-corrected chi connectivity index (χ2v) is 7.50. The van der Waals surface area contributed by atoms with E-state index in [1.807, 2.05) is 0 Å². The van der Waals surface area contributed by atoms with Crippen LogP contribution in [0.1, 0.15) is 62.0 Å². The van der Waals surface area contributed by atoms with Gasteiger partial charge in [0.1, 0.15) is 0 Å². The van der Waals surface area contributed by atoms with Crippen LogP contribution >= 0.6 is 0 Å². The summed E-state index contributed by atoms with van der Waals surface area (Å²) >= 11 is 0. The van der Waals surface area contributed by atoms with Crippen molar-refractivity contribution in [3.05, 3.63) is 35.4 Å². The lowest BCUT2D eigenvalue weighted by Gasteiger charge is -2.43. The number of nitrogens with zero attached hydrogens (tertiary/aromatic N) is 1. The van der Waals surface area contributed by atoms with E-state index in [-0.39, 0.29) is 0 Å². The molecule has 4 rings (SSSR count). The molecule has 0 spiro atoms. The lowest BCUT2D eigenvalue weighted by atomic mass is 9.73. The van der Waals surface area contributed by atoms with Crippen LogP contribution in [0.4, 0.5) is 0 Å². The number of benzene rings is 1. The summed E-state index contributed by atoms with van der Waals surface area (Å²) in [5, 5.41) is 11.2. The van der Waals surface area contributed by atoms with Gasteiger partial charge in [-0.15, -0.1) is 0 Å². The van der Waals surface area contributed by atoms with Crippen molar-refractivity contribution in [3.63, 3.8) is 0 Å². The highest BCUT2D eigenvalue weighted by molar-refractivity contribution is 5.33. The molecule has 3 aliphatic rings. The maximum Gasteiger partial charge on any atom is 0.0680 e. The summed E-state index contributed by atoms with van der Waals surface area (Å²) in [6.07, 6.45) is 9.35. The maximum atomic E-state index is 11.2. The van der Waals surface area contributed by atoms with Gasteiger partial charge < -0.3 is 10.0 Å². The first kappa shape index (κ1) is 13.8. The molecular formula is C19H27NO. The topological polar surface area (TPSA) is 23.5 Å². The van der Waals surface area contributed by atoms with Gasteiger partial charge in [0.05, 0.1) is 5.60 Å². The van der Waals surface area contributed by atoms with Gasteiger partial charge in [0.2, 0.25) is 0 Å². The zero-order valence-electron chi connectivity index (χ0n) is 12.9. The fourth-order valence-electron chi connectivity index (χ4n) is 5.02. The van der Waals surface area contributed by atoms with Crippen molar-refractivity contribution in [2.75, 3.05) is 13.1 Å². The minimum absolute atomic E-state index is 0.416. The van der Waals surface area contributed by atoms with Crippen molar-refractivity contribution in [1.82, 2.24) is 4.90 Å². The summed E-state index contributed by atoms with van der Waals surface area (Å²) in [6, 6.07) is 9.56. The smallest absolute Gasteiger partial charge is 0.0680 e. The minimum atomic E-state index is -0.416. The van der Waals surface area contributed by atoms with Crippen molar-refractivity contribution in [2.45, 2.75) is 68.9 Å². The molecule has 0 radical (unpaired) electrons. The third-order valence-electron chi connectivity index (χ3n) is 6.10. The fraction of sp³-hybridized carbons (Fsp3) is 0.684. The quantitative estimate of drug-likeness (QED) is 0.899. The molecule has 2 heteroatoms. The predicted molar refractivity (Wildman–Crippen MR) is 85.5 cm³/mol. The monoisotopic (exact) mass is 285 g/mol. The Kier molecular flexibility index (Phi) is 3.55. The van der Waals surface area contributed by atoms with E-state index in [2.05, 4.69) is 29.2 Å². The van der Waals surface area contributed by atoms with Crippen molar-refractivity contribution in [1.29, 1.82) is 0 Å². The van der Waals surface area contributed by atoms with Gasteiger partial charge in [-0.3, -0.25) is 0 Å². The Bertz CT molecular complexity index is 514. The summed E-state index contributed by atoms with van der Waals surface area (Å²) in [7, 11) is 0. The van der Waals surface area contributed by atoms with Gasteiger partial charge in [-0.2, -0.15) is 0 Å². The molecule has 2 aliphatic heterocycles. The molecule has 3 unspecified atom stereocenters. The van der Waals surface area contributed by atoms with Crippen LogP contribution in [0, 0.1) is 0 Å². The average molecular weight is 285 g/mol. The van der Waals surface area contributed by atoms with E-state index in [0.29, 0.717) is 12.0 Å². The average Bonchev–Trinajstić information content (AvgIpc) is 2.94. The lowest BCUT2D eigenvalue weighted by Crippen LogP contribution is -2.48. The minimum Gasteiger partial charge on any atom is -0.390 e. The van der Waals surface area contributed by atoms with Crippen LogP contribution < -0.4 is 0 Å². The zero-order chi connectivity index (χ0) is 14.3. The molecule has 114 valence electrons. The van der Waals surface area contributed by atoms with Gasteiger partial charge in [-0.25, -0.2) is 0 Å². The molecule has 1 aromatic carbocycles. The van der Waals surface area contributed by atoms with Gasteiger partial charge in [0, 0.05) is 12.6 Å². The van der Waals surface area contributed by atoms with Crippen LogP contribution in [0.15, 0.2) is 24.3 Å². The number of piperidine rings is 1. The Morgan fingerprint density at radius 3 is 3.00 bits per heavy atom. The summed E-state index contributed by atoms with van der Waals surface area (Å²) in [6.45, 7) is 2.36. The maximum absolute atomic E-state index is 11.2. The molecule has 2 nitrogen and oxygen atoms in total. The van der Waals surface area contributed by atoms with Gasteiger partial charge in [0.15, 0.2) is 0 Å². The molecule has 1 N–H and O–H groups in total. The number of aryl methyl sites for hydroxylation is 1. The molecule has 0 amide bonds. The molecule has 2 saturated heterocycles. The summed E-state index contributed by atoms with van der Waals surface area (Å²) in [4.78, 5) is 2.60. The van der Waals surface area contributed by atoms with Crippen LogP contribution in [0.25, 0.3) is 0 Å². The lowest BCUT2D eigenvalue weighted by molar-refractivity contribution is -0.0474. The van der Waals surface area contributed by atoms with E-state index < -0.39 is 5.60 Å². The first-order chi connectivity index (χ1) is 10.2. The van der Waals surface area contributed by atoms with Crippen molar-refractivity contribution >= 4 is 0 Å². The molecule has 21 heavy (non-hydrogen) atoms. The van der Waals surface area contributed by atoms with E-state index in [1.54, 1.807) is 0 Å². The molecule has 2 heterocycles. The third kappa shape index (κ3) is 2.64. The summed E-state index contributed by atoms with van der Waals surface area (Å²) in [5.41, 5.74) is 2.63. The molecule has 0 bridgehead atoms. The van der Waals surface area contributed by atoms with Crippen LogP contribution in [0.2, 0.25) is 0 Å². The molecule has 1 aliphatic carbocycles. The van der Waals surface area contributed by atoms with Crippen LogP contribution in [0.5, 0.6) is 0 Å². The Hall–Kier alpha value is -0.860. The van der Waals surface area contributed by atoms with E-state index in [9.17, 15) is 5.11 Å². The van der Waals surface area contributed by atoms with E-state index in [4.69, 9.17) is 0 Å². The first-order valence-corrected chi connectivity index (χ1v) is 8.78. The summed E-state index contributed by atoms with van der Waals surface area (Å²) in [5.74, 6) is 0.577. The Labute approximate surface area is 128 Å². The van der Waals surface area contributed by atoms with Crippen LogP contribution in [-0.2, 0) is 6.42 Å². The Morgan fingerprint density at radius 2 is 2.05 bits per heavy atom. The predicted octanol–water partition coefficient (Wildman–Crippen LogP) is 3.49. The molecule has 0 saturated carbocycles. The molecule has 0 aromatic heterocycles. The number of hydrogen-bond donors (Lipinski definition) is 1. The molecule has 1 aromatic rings.